The predicted octanol–water partition coefficient (Wildman–Crippen LogP) is 0.769. The van der Waals surface area contributed by atoms with Gasteiger partial charge in [0.2, 0.25) is 10.9 Å². The normalized spacial score (nSPS) is 11.4. The molecule has 2 heterocycles. The first-order valence-electron chi connectivity index (χ1n) is 7.28. The molecule has 136 valence electrons. The van der Waals surface area contributed by atoms with E-state index in [1.54, 1.807) is 24.3 Å². The number of furan rings is 1. The van der Waals surface area contributed by atoms with Crippen LogP contribution in [0.4, 0.5) is 0 Å². The molecule has 2 aromatic heterocycles. The second-order valence-electron chi connectivity index (χ2n) is 5.00. The number of nitrogens with two attached hydrogens (primary N) is 1. The van der Waals surface area contributed by atoms with Crippen LogP contribution in [0.15, 0.2) is 50.4 Å². The smallest absolute Gasteiger partial charge is 0.294 e. The zero-order chi connectivity index (χ0) is 18.7. The van der Waals surface area contributed by atoms with Gasteiger partial charge in [-0.1, -0.05) is 17.3 Å². The molecule has 10 nitrogen and oxygen atoms in total. The number of benzene rings is 1. The molecule has 0 aliphatic carbocycles. The number of nitrogens with zero attached hydrogens (tertiary/aromatic N) is 2. The van der Waals surface area contributed by atoms with Crippen molar-refractivity contribution in [2.45, 2.75) is 5.09 Å². The Bertz CT molecular complexity index is 1040. The van der Waals surface area contributed by atoms with Crippen LogP contribution in [0.3, 0.4) is 0 Å². The van der Waals surface area contributed by atoms with Crippen LogP contribution in [0.25, 0.3) is 23.0 Å². The van der Waals surface area contributed by atoms with Crippen molar-refractivity contribution in [1.82, 2.24) is 14.9 Å². The molecule has 0 saturated heterocycles. The van der Waals surface area contributed by atoms with E-state index in [1.807, 2.05) is 0 Å². The molecule has 1 amide bonds. The van der Waals surface area contributed by atoms with E-state index in [1.165, 1.54) is 19.2 Å². The summed E-state index contributed by atoms with van der Waals surface area (Å²) in [5.41, 5.74) is 5.55. The number of ether oxygens (including phenoxy) is 1. The Kier molecular flexibility index (Phi) is 4.73. The van der Waals surface area contributed by atoms with E-state index in [4.69, 9.17) is 19.4 Å². The highest BCUT2D eigenvalue weighted by Gasteiger charge is 2.21. The number of nitrogens with one attached hydrogen (secondary N) is 1. The van der Waals surface area contributed by atoms with Gasteiger partial charge in [-0.3, -0.25) is 4.79 Å². The number of sulfonamides is 1. The summed E-state index contributed by atoms with van der Waals surface area (Å²) in [5, 5.41) is 3.56. The fraction of sp³-hybridized carbons (Fsp3) is 0.133. The predicted molar refractivity (Wildman–Crippen MR) is 88.4 cm³/mol. The van der Waals surface area contributed by atoms with Crippen LogP contribution in [-0.4, -0.2) is 38.1 Å². The molecule has 0 spiro atoms. The summed E-state index contributed by atoms with van der Waals surface area (Å²) in [4.78, 5) is 15.1. The molecule has 3 aromatic rings. The number of amides is 1. The third kappa shape index (κ3) is 3.58. The van der Waals surface area contributed by atoms with Crippen molar-refractivity contribution in [3.63, 3.8) is 0 Å². The molecule has 0 radical (unpaired) electrons. The van der Waals surface area contributed by atoms with Crippen molar-refractivity contribution < 1.29 is 26.9 Å². The number of rotatable bonds is 7. The average Bonchev–Trinajstić information content (AvgIpc) is 3.29. The van der Waals surface area contributed by atoms with Gasteiger partial charge in [0.05, 0.1) is 5.56 Å². The van der Waals surface area contributed by atoms with E-state index >= 15 is 0 Å². The van der Waals surface area contributed by atoms with Crippen molar-refractivity contribution in [2.75, 3.05) is 13.7 Å². The standard InChI is InChI=1S/C15H14N4O6S/c1-17-26(21,22)13-7-6-11(24-13)15-18-14(19-25-15)9-4-2-3-5-10(9)23-8-12(16)20/h2-7,17H,8H2,1H3,(H2,16,20). The number of carbonyl (C=O) groups excluding carboxylic acids is 1. The van der Waals surface area contributed by atoms with E-state index < -0.39 is 15.9 Å². The largest absolute Gasteiger partial charge is 0.483 e. The number of primary amides is 1. The minimum Gasteiger partial charge on any atom is -0.483 e. The number of hydrogen-bond acceptors (Lipinski definition) is 8. The summed E-state index contributed by atoms with van der Waals surface area (Å²) in [5.74, 6) is -0.0242. The SMILES string of the molecule is CNS(=O)(=O)c1ccc(-c2nc(-c3ccccc3OCC(N)=O)no2)o1. The van der Waals surface area contributed by atoms with Crippen LogP contribution in [0.2, 0.25) is 0 Å². The second-order valence-corrected chi connectivity index (χ2v) is 6.82. The zero-order valence-electron chi connectivity index (χ0n) is 13.5. The average molecular weight is 378 g/mol. The molecule has 3 N–H and O–H groups in total. The molecule has 0 saturated carbocycles. The van der Waals surface area contributed by atoms with Crippen LogP contribution in [0, 0.1) is 0 Å². The Balaban J connectivity index is 1.91. The maximum absolute atomic E-state index is 11.7. The summed E-state index contributed by atoms with van der Waals surface area (Å²) in [6.07, 6.45) is 0. The Hall–Kier alpha value is -3.18. The molecule has 0 bridgehead atoms. The third-order valence-corrected chi connectivity index (χ3v) is 4.54. The van der Waals surface area contributed by atoms with Crippen LogP contribution in [-0.2, 0) is 14.8 Å². The van der Waals surface area contributed by atoms with Crippen molar-refractivity contribution in [3.8, 4) is 28.8 Å². The summed E-state index contributed by atoms with van der Waals surface area (Å²) in [6.45, 7) is -0.300. The molecule has 0 atom stereocenters. The lowest BCUT2D eigenvalue weighted by molar-refractivity contribution is -0.119. The molecule has 0 unspecified atom stereocenters. The van der Waals surface area contributed by atoms with Crippen LogP contribution in [0.5, 0.6) is 5.75 Å². The monoisotopic (exact) mass is 378 g/mol. The Morgan fingerprint density at radius 2 is 2.04 bits per heavy atom. The molecule has 3 rings (SSSR count). The van der Waals surface area contributed by atoms with Gasteiger partial charge in [0, 0.05) is 0 Å². The maximum Gasteiger partial charge on any atom is 0.294 e. The number of carbonyl (C=O) groups is 1. The lowest BCUT2D eigenvalue weighted by Gasteiger charge is -2.06. The second kappa shape index (κ2) is 6.98. The zero-order valence-corrected chi connectivity index (χ0v) is 14.3. The van der Waals surface area contributed by atoms with Gasteiger partial charge in [-0.2, -0.15) is 4.98 Å². The summed E-state index contributed by atoms with van der Waals surface area (Å²) >= 11 is 0. The van der Waals surface area contributed by atoms with E-state index in [-0.39, 0.29) is 29.2 Å². The number of para-hydroxylation sites is 1. The van der Waals surface area contributed by atoms with E-state index in [2.05, 4.69) is 14.9 Å². The van der Waals surface area contributed by atoms with Gasteiger partial charge in [0.15, 0.2) is 12.4 Å². The third-order valence-electron chi connectivity index (χ3n) is 3.25. The van der Waals surface area contributed by atoms with Crippen LogP contribution in [0.1, 0.15) is 0 Å². The van der Waals surface area contributed by atoms with E-state index in [9.17, 15) is 13.2 Å². The summed E-state index contributed by atoms with van der Waals surface area (Å²) in [7, 11) is -2.45. The fourth-order valence-corrected chi connectivity index (χ4v) is 2.69. The lowest BCUT2D eigenvalue weighted by Crippen LogP contribution is -2.20. The molecular weight excluding hydrogens is 364 g/mol. The molecule has 11 heteroatoms. The van der Waals surface area contributed by atoms with Gasteiger partial charge in [-0.05, 0) is 31.3 Å². The molecule has 26 heavy (non-hydrogen) atoms. The first kappa shape index (κ1) is 17.6. The number of aromatic nitrogens is 2. The Morgan fingerprint density at radius 1 is 1.27 bits per heavy atom. The van der Waals surface area contributed by atoms with Gasteiger partial charge in [0.1, 0.15) is 5.75 Å². The van der Waals surface area contributed by atoms with Gasteiger partial charge in [0.25, 0.3) is 21.8 Å². The molecule has 0 aliphatic rings. The highest BCUT2D eigenvalue weighted by Crippen LogP contribution is 2.30. The topological polar surface area (TPSA) is 151 Å². The van der Waals surface area contributed by atoms with Crippen molar-refractivity contribution in [1.29, 1.82) is 0 Å². The van der Waals surface area contributed by atoms with Crippen LogP contribution < -0.4 is 15.2 Å². The Labute approximate surface area is 148 Å². The Morgan fingerprint density at radius 3 is 2.77 bits per heavy atom. The van der Waals surface area contributed by atoms with Crippen LogP contribution >= 0.6 is 0 Å². The lowest BCUT2D eigenvalue weighted by atomic mass is 10.2. The van der Waals surface area contributed by atoms with Crippen molar-refractivity contribution in [3.05, 3.63) is 36.4 Å². The minimum atomic E-state index is -3.72. The van der Waals surface area contributed by atoms with E-state index in [0.29, 0.717) is 11.3 Å². The summed E-state index contributed by atoms with van der Waals surface area (Å²) < 4.78 is 41.3. The minimum absolute atomic E-state index is 0.0118. The highest BCUT2D eigenvalue weighted by atomic mass is 32.2. The molecule has 1 aromatic carbocycles. The molecular formula is C15H14N4O6S. The van der Waals surface area contributed by atoms with Crippen molar-refractivity contribution in [2.24, 2.45) is 5.73 Å². The van der Waals surface area contributed by atoms with Gasteiger partial charge < -0.3 is 19.4 Å². The molecule has 0 aliphatic heterocycles. The fourth-order valence-electron chi connectivity index (χ4n) is 2.04. The van der Waals surface area contributed by atoms with E-state index in [0.717, 1.165) is 0 Å². The number of hydrogen-bond donors (Lipinski definition) is 2. The van der Waals surface area contributed by atoms with Crippen molar-refractivity contribution >= 4 is 15.9 Å². The quantitative estimate of drug-likeness (QED) is 0.612. The van der Waals surface area contributed by atoms with Gasteiger partial charge >= 0.3 is 0 Å². The van der Waals surface area contributed by atoms with Gasteiger partial charge in [-0.25, -0.2) is 13.1 Å². The first-order valence-corrected chi connectivity index (χ1v) is 8.77. The van der Waals surface area contributed by atoms with Gasteiger partial charge in [-0.15, -0.1) is 0 Å². The molecule has 0 fully saturated rings. The first-order chi connectivity index (χ1) is 12.4. The summed E-state index contributed by atoms with van der Waals surface area (Å²) in [6, 6.07) is 9.41. The highest BCUT2D eigenvalue weighted by molar-refractivity contribution is 7.89. The maximum atomic E-state index is 11.7.